The lowest BCUT2D eigenvalue weighted by Crippen LogP contribution is -2.33. The molecule has 0 radical (unpaired) electrons. The summed E-state index contributed by atoms with van der Waals surface area (Å²) in [5.41, 5.74) is 6.47. The van der Waals surface area contributed by atoms with Crippen LogP contribution in [-0.2, 0) is 22.7 Å². The van der Waals surface area contributed by atoms with Crippen LogP contribution in [0.2, 0.25) is 0 Å². The van der Waals surface area contributed by atoms with E-state index in [1.54, 1.807) is 0 Å². The number of nitrogen functional groups attached to an aromatic ring is 1. The molecule has 3 rings (SSSR count). The molecule has 0 aliphatic carbocycles. The molecular weight excluding hydrogens is 516 g/mol. The number of phosphoric acid groups is 2. The van der Waals surface area contributed by atoms with Crippen LogP contribution in [0.15, 0.2) is 24.1 Å². The van der Waals surface area contributed by atoms with Crippen molar-refractivity contribution in [3.63, 3.8) is 0 Å². The van der Waals surface area contributed by atoms with Gasteiger partial charge in [-0.1, -0.05) is 17.8 Å². The zero-order valence-corrected chi connectivity index (χ0v) is 20.3. The van der Waals surface area contributed by atoms with Crippen molar-refractivity contribution in [1.29, 1.82) is 0 Å². The second-order valence-electron chi connectivity index (χ2n) is 7.23. The lowest BCUT2D eigenvalue weighted by Gasteiger charge is -2.17. The molecule has 0 amide bonds. The maximum absolute atomic E-state index is 11.6. The molecule has 3 heterocycles. The summed E-state index contributed by atoms with van der Waals surface area (Å²) in [4.78, 5) is 39.5. The van der Waals surface area contributed by atoms with Gasteiger partial charge in [0.05, 0.1) is 12.9 Å². The maximum Gasteiger partial charge on any atom is 0.481 e. The first-order valence-corrected chi connectivity index (χ1v) is 13.9. The zero-order valence-electron chi connectivity index (χ0n) is 17.7. The Morgan fingerprint density at radius 3 is 2.65 bits per heavy atom. The lowest BCUT2D eigenvalue weighted by molar-refractivity contribution is -0.0503. The standard InChI is InChI=1S/C16H25N5O10P2S/c1-2-3-4-5-6-34-16-19-13(17)10-14(20-16)21(8-18-10)15-12(23)11(22)9(30-15)7-29-33(27,28)31-32(24,25)26/h2,8-9,11-12,15,22-23H,1,3-7H2,(H,27,28)(H2,17,19,20)(H2,24,25,26). The maximum atomic E-state index is 11.6. The predicted octanol–water partition coefficient (Wildman–Crippen LogP) is 0.702. The van der Waals surface area contributed by atoms with Gasteiger partial charge in [-0.25, -0.2) is 24.1 Å². The Morgan fingerprint density at radius 2 is 1.97 bits per heavy atom. The number of aliphatic hydroxyl groups is 2. The highest BCUT2D eigenvalue weighted by Gasteiger charge is 2.46. The van der Waals surface area contributed by atoms with Gasteiger partial charge in [0.2, 0.25) is 0 Å². The number of thioether (sulfide) groups is 1. The average molecular weight is 541 g/mol. The number of allylic oxidation sites excluding steroid dienone is 1. The molecule has 15 nitrogen and oxygen atoms in total. The number of hydrogen-bond donors (Lipinski definition) is 6. The van der Waals surface area contributed by atoms with E-state index >= 15 is 0 Å². The quantitative estimate of drug-likeness (QED) is 0.0713. The molecule has 5 unspecified atom stereocenters. The third kappa shape index (κ3) is 6.83. The Hall–Kier alpha value is -1.42. The van der Waals surface area contributed by atoms with Gasteiger partial charge in [-0.2, -0.15) is 4.31 Å². The number of phosphoric ester groups is 1. The Bertz CT molecular complexity index is 1110. The van der Waals surface area contributed by atoms with Crippen molar-refractivity contribution in [1.82, 2.24) is 19.5 Å². The molecule has 0 saturated carbocycles. The first kappa shape index (κ1) is 27.2. The number of aliphatic hydroxyl groups excluding tert-OH is 2. The molecule has 1 fully saturated rings. The fourth-order valence-corrected chi connectivity index (χ4v) is 5.59. The first-order chi connectivity index (χ1) is 15.9. The summed E-state index contributed by atoms with van der Waals surface area (Å²) >= 11 is 1.38. The Kier molecular flexibility index (Phi) is 8.87. The summed E-state index contributed by atoms with van der Waals surface area (Å²) in [7, 11) is -10.5. The fraction of sp³-hybridized carbons (Fsp3) is 0.562. The molecule has 1 aliphatic heterocycles. The van der Waals surface area contributed by atoms with Gasteiger partial charge in [-0.3, -0.25) is 9.09 Å². The highest BCUT2D eigenvalue weighted by atomic mass is 32.2. The van der Waals surface area contributed by atoms with Crippen LogP contribution in [0.1, 0.15) is 25.5 Å². The zero-order chi connectivity index (χ0) is 25.1. The molecule has 0 aromatic carbocycles. The number of ether oxygens (including phenoxy) is 1. The summed E-state index contributed by atoms with van der Waals surface area (Å²) in [5.74, 6) is 0.854. The van der Waals surface area contributed by atoms with E-state index in [0.29, 0.717) is 5.16 Å². The van der Waals surface area contributed by atoms with Gasteiger partial charge in [0.15, 0.2) is 22.8 Å². The van der Waals surface area contributed by atoms with Crippen LogP contribution in [0.4, 0.5) is 5.82 Å². The van der Waals surface area contributed by atoms with E-state index in [0.717, 1.165) is 25.0 Å². The Labute approximate surface area is 197 Å². The fourth-order valence-electron chi connectivity index (χ4n) is 3.14. The molecule has 5 atom stereocenters. The van der Waals surface area contributed by atoms with Crippen molar-refractivity contribution >= 4 is 44.4 Å². The van der Waals surface area contributed by atoms with Gasteiger partial charge in [-0.15, -0.1) is 6.58 Å². The molecule has 2 aromatic heterocycles. The second-order valence-corrected chi connectivity index (χ2v) is 11.1. The second kappa shape index (κ2) is 11.1. The number of rotatable bonds is 12. The average Bonchev–Trinajstić information content (AvgIpc) is 3.26. The van der Waals surface area contributed by atoms with Crippen LogP contribution in [0.5, 0.6) is 0 Å². The number of nitrogens with zero attached hydrogens (tertiary/aromatic N) is 4. The van der Waals surface area contributed by atoms with Crippen LogP contribution in [-0.4, -0.2) is 75.1 Å². The van der Waals surface area contributed by atoms with Crippen molar-refractivity contribution in [3.05, 3.63) is 19.0 Å². The minimum Gasteiger partial charge on any atom is -0.387 e. The minimum atomic E-state index is -5.31. The smallest absolute Gasteiger partial charge is 0.387 e. The van der Waals surface area contributed by atoms with E-state index < -0.39 is 46.8 Å². The number of hydrogen-bond acceptors (Lipinski definition) is 12. The number of unbranched alkanes of at least 4 members (excludes halogenated alkanes) is 2. The third-order valence-electron chi connectivity index (χ3n) is 4.68. The monoisotopic (exact) mass is 541 g/mol. The third-order valence-corrected chi connectivity index (χ3v) is 7.77. The summed E-state index contributed by atoms with van der Waals surface area (Å²) in [6.07, 6.45) is 0.209. The van der Waals surface area contributed by atoms with E-state index in [2.05, 4.69) is 30.4 Å². The van der Waals surface area contributed by atoms with E-state index in [9.17, 15) is 24.2 Å². The Balaban J connectivity index is 1.74. The van der Waals surface area contributed by atoms with Crippen LogP contribution < -0.4 is 5.73 Å². The number of nitrogens with two attached hydrogens (primary N) is 1. The lowest BCUT2D eigenvalue weighted by atomic mass is 10.1. The summed E-state index contributed by atoms with van der Waals surface area (Å²) in [5, 5.41) is 21.2. The number of anilines is 1. The van der Waals surface area contributed by atoms with Crippen LogP contribution >= 0.6 is 27.4 Å². The summed E-state index contributed by atoms with van der Waals surface area (Å²) in [6.45, 7) is 2.86. The molecular formula is C16H25N5O10P2S. The van der Waals surface area contributed by atoms with Gasteiger partial charge in [0.1, 0.15) is 23.8 Å². The topological polar surface area (TPSA) is 233 Å². The molecule has 2 aromatic rings. The molecule has 190 valence electrons. The van der Waals surface area contributed by atoms with Gasteiger partial charge in [0, 0.05) is 5.75 Å². The largest absolute Gasteiger partial charge is 0.481 e. The summed E-state index contributed by atoms with van der Waals surface area (Å²) in [6, 6.07) is 0. The molecule has 34 heavy (non-hydrogen) atoms. The predicted molar refractivity (Wildman–Crippen MR) is 119 cm³/mol. The minimum absolute atomic E-state index is 0.112. The highest BCUT2D eigenvalue weighted by Crippen LogP contribution is 2.57. The normalized spacial score (nSPS) is 25.0. The molecule has 18 heteroatoms. The Morgan fingerprint density at radius 1 is 1.24 bits per heavy atom. The van der Waals surface area contributed by atoms with Gasteiger partial charge < -0.3 is 35.4 Å². The molecule has 7 N–H and O–H groups in total. The molecule has 1 saturated heterocycles. The molecule has 1 aliphatic rings. The van der Waals surface area contributed by atoms with Crippen molar-refractivity contribution < 1.29 is 47.6 Å². The summed E-state index contributed by atoms with van der Waals surface area (Å²) < 4.78 is 37.5. The molecule has 0 bridgehead atoms. The van der Waals surface area contributed by atoms with Gasteiger partial charge >= 0.3 is 15.6 Å². The van der Waals surface area contributed by atoms with Crippen molar-refractivity contribution in [2.75, 3.05) is 18.1 Å². The van der Waals surface area contributed by atoms with Crippen molar-refractivity contribution in [2.24, 2.45) is 0 Å². The number of imidazole rings is 1. The van der Waals surface area contributed by atoms with Crippen LogP contribution in [0.3, 0.4) is 0 Å². The van der Waals surface area contributed by atoms with Crippen molar-refractivity contribution in [3.8, 4) is 0 Å². The van der Waals surface area contributed by atoms with E-state index in [4.69, 9.17) is 20.3 Å². The van der Waals surface area contributed by atoms with Crippen molar-refractivity contribution in [2.45, 2.75) is 49.0 Å². The van der Waals surface area contributed by atoms with Gasteiger partial charge in [-0.05, 0) is 19.3 Å². The highest BCUT2D eigenvalue weighted by molar-refractivity contribution is 7.99. The van der Waals surface area contributed by atoms with E-state index in [1.165, 1.54) is 22.7 Å². The van der Waals surface area contributed by atoms with Crippen LogP contribution in [0, 0.1) is 0 Å². The number of aromatic nitrogens is 4. The molecule has 0 spiro atoms. The number of fused-ring (bicyclic) bond motifs is 1. The first-order valence-electron chi connectivity index (χ1n) is 9.91. The SMILES string of the molecule is C=CCCCCSc1nc(N)c2ncn(C3OC(COP(=O)(O)OP(=O)(O)O)C(O)C3O)c2n1. The van der Waals surface area contributed by atoms with E-state index in [1.807, 2.05) is 6.08 Å². The van der Waals surface area contributed by atoms with Crippen LogP contribution in [0.25, 0.3) is 11.2 Å². The van der Waals surface area contributed by atoms with E-state index in [-0.39, 0.29) is 17.0 Å². The van der Waals surface area contributed by atoms with Gasteiger partial charge in [0.25, 0.3) is 0 Å².